The number of piperidine rings is 1. The summed E-state index contributed by atoms with van der Waals surface area (Å²) in [6, 6.07) is 9.55. The number of anilines is 2. The molecule has 2 aromatic carbocycles. The summed E-state index contributed by atoms with van der Waals surface area (Å²) in [6.07, 6.45) is -1.29. The number of hydrogen-bond acceptors (Lipinski definition) is 7. The van der Waals surface area contributed by atoms with Gasteiger partial charge in [0.05, 0.1) is 23.2 Å². The highest BCUT2D eigenvalue weighted by Gasteiger charge is 2.35. The van der Waals surface area contributed by atoms with Gasteiger partial charge in [-0.05, 0) is 61.7 Å². The number of nitrogens with one attached hydrogen (secondary N) is 2. The molecular weight excluding hydrogens is 547 g/mol. The molecule has 1 amide bonds. The fourth-order valence-corrected chi connectivity index (χ4v) is 5.22. The number of carbonyl (C=O) groups is 1. The molecule has 222 valence electrons. The van der Waals surface area contributed by atoms with E-state index in [2.05, 4.69) is 30.6 Å². The van der Waals surface area contributed by atoms with Crippen molar-refractivity contribution in [3.63, 3.8) is 0 Å². The van der Waals surface area contributed by atoms with Crippen molar-refractivity contribution in [1.29, 1.82) is 0 Å². The third kappa shape index (κ3) is 6.48. The maximum absolute atomic E-state index is 13.9. The van der Waals surface area contributed by atoms with Crippen LogP contribution >= 0.6 is 0 Å². The number of ether oxygens (including phenoxy) is 1. The molecule has 1 aliphatic heterocycles. The van der Waals surface area contributed by atoms with Gasteiger partial charge in [0, 0.05) is 50.4 Å². The van der Waals surface area contributed by atoms with Gasteiger partial charge in [-0.1, -0.05) is 13.0 Å². The summed E-state index contributed by atoms with van der Waals surface area (Å²) in [5.41, 5.74) is 2.89. The van der Waals surface area contributed by atoms with E-state index in [1.165, 1.54) is 12.1 Å². The van der Waals surface area contributed by atoms with E-state index in [-0.39, 0.29) is 23.8 Å². The average Bonchev–Trinajstić information content (AvgIpc) is 3.32. The summed E-state index contributed by atoms with van der Waals surface area (Å²) >= 11 is 0. The fourth-order valence-electron chi connectivity index (χ4n) is 5.22. The topological polar surface area (TPSA) is 97.2 Å². The zero-order valence-corrected chi connectivity index (χ0v) is 24.0. The summed E-state index contributed by atoms with van der Waals surface area (Å²) in [5, 5.41) is 11.0. The lowest BCUT2D eigenvalue weighted by atomic mass is 10.0. The Morgan fingerprint density at radius 2 is 1.88 bits per heavy atom. The third-order valence-electron chi connectivity index (χ3n) is 7.48. The van der Waals surface area contributed by atoms with Crippen molar-refractivity contribution in [2.45, 2.75) is 44.9 Å². The first-order valence-electron chi connectivity index (χ1n) is 13.9. The van der Waals surface area contributed by atoms with Crippen molar-refractivity contribution < 1.29 is 22.7 Å². The van der Waals surface area contributed by atoms with Crippen LogP contribution in [0.5, 0.6) is 5.75 Å². The molecule has 5 rings (SSSR count). The van der Waals surface area contributed by atoms with Gasteiger partial charge in [-0.25, -0.2) is 9.97 Å². The van der Waals surface area contributed by atoms with E-state index in [1.807, 2.05) is 26.1 Å². The van der Waals surface area contributed by atoms with Crippen LogP contribution in [0.4, 0.5) is 24.9 Å². The number of benzene rings is 2. The number of hydrogen-bond donors (Lipinski definition) is 2. The maximum Gasteiger partial charge on any atom is 0.419 e. The van der Waals surface area contributed by atoms with Gasteiger partial charge in [0.1, 0.15) is 11.9 Å². The van der Waals surface area contributed by atoms with Crippen LogP contribution in [0.1, 0.15) is 36.5 Å². The minimum Gasteiger partial charge on any atom is -0.490 e. The van der Waals surface area contributed by atoms with Gasteiger partial charge >= 0.3 is 6.18 Å². The number of likely N-dealkylation sites (tertiary alicyclic amines) is 1. The first kappa shape index (κ1) is 29.3. The van der Waals surface area contributed by atoms with Crippen molar-refractivity contribution in [3.8, 4) is 17.0 Å². The number of fused-ring (bicyclic) bond motifs is 1. The smallest absolute Gasteiger partial charge is 0.419 e. The van der Waals surface area contributed by atoms with Crippen LogP contribution in [0.15, 0.2) is 42.6 Å². The minimum atomic E-state index is -4.61. The predicted octanol–water partition coefficient (Wildman–Crippen LogP) is 5.31. The van der Waals surface area contributed by atoms with Gasteiger partial charge in [-0.3, -0.25) is 9.48 Å². The Balaban J connectivity index is 1.32. The standard InChI is InChI=1S/C30H34F3N7O2/c1-5-19-14-20(15-21-17-35-29(34-2)37-28(19)21)24-16-26(38-40(24)4)36-27(41)13-18-6-7-25(23(12-18)30(31,32)33)42-22-8-10-39(3)11-9-22/h6-7,12,14-17,22H,5,8-11,13H2,1-4H3,(H,34,35,37)(H,36,38,41). The molecule has 0 atom stereocenters. The molecule has 9 nitrogen and oxygen atoms in total. The Morgan fingerprint density at radius 1 is 1.12 bits per heavy atom. The first-order chi connectivity index (χ1) is 20.0. The molecule has 0 saturated carbocycles. The van der Waals surface area contributed by atoms with E-state index in [1.54, 1.807) is 31.0 Å². The lowest BCUT2D eigenvalue weighted by Gasteiger charge is -2.30. The molecule has 1 aliphatic rings. The van der Waals surface area contributed by atoms with Gasteiger partial charge in [0.15, 0.2) is 5.82 Å². The van der Waals surface area contributed by atoms with Crippen molar-refractivity contribution in [3.05, 3.63) is 59.3 Å². The number of nitrogens with zero attached hydrogens (tertiary/aromatic N) is 5. The Kier molecular flexibility index (Phi) is 8.35. The van der Waals surface area contributed by atoms with Crippen LogP contribution in [0.25, 0.3) is 22.2 Å². The van der Waals surface area contributed by atoms with Gasteiger partial charge in [0.2, 0.25) is 11.9 Å². The molecule has 1 fully saturated rings. The van der Waals surface area contributed by atoms with E-state index in [0.29, 0.717) is 24.6 Å². The summed E-state index contributed by atoms with van der Waals surface area (Å²) in [4.78, 5) is 23.9. The minimum absolute atomic E-state index is 0.204. The van der Waals surface area contributed by atoms with E-state index in [0.717, 1.165) is 53.3 Å². The Hall–Kier alpha value is -4.19. The SMILES string of the molecule is CCc1cc(-c2cc(NC(=O)Cc3ccc(OC4CCN(C)CC4)c(C(F)(F)F)c3)nn2C)cc2cnc(NC)nc12. The number of halogens is 3. The van der Waals surface area contributed by atoms with Crippen molar-refractivity contribution in [2.75, 3.05) is 37.8 Å². The number of aryl methyl sites for hydroxylation is 2. The maximum atomic E-state index is 13.9. The molecule has 2 N–H and O–H groups in total. The van der Waals surface area contributed by atoms with Gasteiger partial charge in [-0.15, -0.1) is 0 Å². The molecule has 0 bridgehead atoms. The van der Waals surface area contributed by atoms with Crippen LogP contribution < -0.4 is 15.4 Å². The van der Waals surface area contributed by atoms with Crippen molar-refractivity contribution >= 4 is 28.6 Å². The van der Waals surface area contributed by atoms with Crippen LogP contribution in [0, 0.1) is 0 Å². The van der Waals surface area contributed by atoms with E-state index >= 15 is 0 Å². The van der Waals surface area contributed by atoms with E-state index in [9.17, 15) is 18.0 Å². The molecule has 3 heterocycles. The monoisotopic (exact) mass is 581 g/mol. The average molecular weight is 582 g/mol. The highest BCUT2D eigenvalue weighted by atomic mass is 19.4. The molecule has 4 aromatic rings. The van der Waals surface area contributed by atoms with E-state index in [4.69, 9.17) is 4.74 Å². The lowest BCUT2D eigenvalue weighted by molar-refractivity contribution is -0.139. The summed E-state index contributed by atoms with van der Waals surface area (Å²) in [5.74, 6) is 0.162. The zero-order valence-electron chi connectivity index (χ0n) is 24.0. The summed E-state index contributed by atoms with van der Waals surface area (Å²) < 4.78 is 49.2. The third-order valence-corrected chi connectivity index (χ3v) is 7.48. The number of alkyl halides is 3. The van der Waals surface area contributed by atoms with Crippen LogP contribution in [-0.2, 0) is 30.9 Å². The molecule has 1 saturated heterocycles. The van der Waals surface area contributed by atoms with Crippen molar-refractivity contribution in [2.24, 2.45) is 7.05 Å². The quantitative estimate of drug-likeness (QED) is 0.291. The normalized spacial score (nSPS) is 14.7. The number of rotatable bonds is 8. The second-order valence-electron chi connectivity index (χ2n) is 10.6. The molecule has 12 heteroatoms. The number of aromatic nitrogens is 4. The van der Waals surface area contributed by atoms with Crippen molar-refractivity contribution in [1.82, 2.24) is 24.6 Å². The van der Waals surface area contributed by atoms with Gasteiger partial charge in [0.25, 0.3) is 0 Å². The molecule has 42 heavy (non-hydrogen) atoms. The molecule has 0 unspecified atom stereocenters. The van der Waals surface area contributed by atoms with Gasteiger partial charge in [-0.2, -0.15) is 18.3 Å². The zero-order chi connectivity index (χ0) is 30.0. The molecule has 0 aliphatic carbocycles. The van der Waals surface area contributed by atoms with Crippen LogP contribution in [-0.4, -0.2) is 63.8 Å². The lowest BCUT2D eigenvalue weighted by Crippen LogP contribution is -2.36. The summed E-state index contributed by atoms with van der Waals surface area (Å²) in [7, 11) is 5.51. The predicted molar refractivity (Wildman–Crippen MR) is 156 cm³/mol. The van der Waals surface area contributed by atoms with Crippen LogP contribution in [0.3, 0.4) is 0 Å². The molecular formula is C30H34F3N7O2. The Labute approximate surface area is 242 Å². The van der Waals surface area contributed by atoms with Gasteiger partial charge < -0.3 is 20.3 Å². The fraction of sp³-hybridized carbons (Fsp3) is 0.400. The highest BCUT2D eigenvalue weighted by molar-refractivity contribution is 5.92. The second kappa shape index (κ2) is 12.0. The Morgan fingerprint density at radius 3 is 2.57 bits per heavy atom. The Bertz CT molecular complexity index is 1590. The molecule has 0 radical (unpaired) electrons. The summed E-state index contributed by atoms with van der Waals surface area (Å²) in [6.45, 7) is 3.59. The largest absolute Gasteiger partial charge is 0.490 e. The first-order valence-corrected chi connectivity index (χ1v) is 13.9. The number of amides is 1. The number of carbonyl (C=O) groups excluding carboxylic acids is 1. The molecule has 0 spiro atoms. The second-order valence-corrected chi connectivity index (χ2v) is 10.6. The van der Waals surface area contributed by atoms with E-state index < -0.39 is 17.6 Å². The highest BCUT2D eigenvalue weighted by Crippen LogP contribution is 2.38. The molecule has 2 aromatic heterocycles. The van der Waals surface area contributed by atoms with Crippen LogP contribution in [0.2, 0.25) is 0 Å².